The highest BCUT2D eigenvalue weighted by Crippen LogP contribution is 2.42. The summed E-state index contributed by atoms with van der Waals surface area (Å²) in [5, 5.41) is 20.7. The van der Waals surface area contributed by atoms with Crippen LogP contribution in [0.5, 0.6) is 0 Å². The van der Waals surface area contributed by atoms with Crippen LogP contribution < -0.4 is 10.3 Å². The third-order valence-electron chi connectivity index (χ3n) is 5.29. The number of nitrogens with zero attached hydrogens (tertiary/aromatic N) is 4. The predicted molar refractivity (Wildman–Crippen MR) is 119 cm³/mol. The summed E-state index contributed by atoms with van der Waals surface area (Å²) in [5.74, 6) is -0.633. The van der Waals surface area contributed by atoms with Gasteiger partial charge in [-0.05, 0) is 49.2 Å². The average Bonchev–Trinajstić information content (AvgIpc) is 3.31. The SMILES string of the molecule is Cc1nnc(N2C(=O)c3oc4cc(C)c(Cl)cc4c(=O)c3C2c2ccc([N+](=O)[O-])cc2)s1. The van der Waals surface area contributed by atoms with Crippen molar-refractivity contribution in [3.63, 3.8) is 0 Å². The number of amides is 1. The number of nitro groups is 1. The second-order valence-electron chi connectivity index (χ2n) is 7.30. The Morgan fingerprint density at radius 3 is 2.50 bits per heavy atom. The summed E-state index contributed by atoms with van der Waals surface area (Å²) in [6, 6.07) is 7.93. The minimum absolute atomic E-state index is 0.0968. The smallest absolute Gasteiger partial charge is 0.297 e. The van der Waals surface area contributed by atoms with E-state index in [0.29, 0.717) is 26.3 Å². The summed E-state index contributed by atoms with van der Waals surface area (Å²) in [4.78, 5) is 38.8. The van der Waals surface area contributed by atoms with Crippen LogP contribution >= 0.6 is 22.9 Å². The highest BCUT2D eigenvalue weighted by Gasteiger charge is 2.45. The molecule has 0 radical (unpaired) electrons. The fourth-order valence-corrected chi connectivity index (χ4v) is 4.65. The van der Waals surface area contributed by atoms with Crippen LogP contribution in [0.15, 0.2) is 45.6 Å². The molecule has 0 N–H and O–H groups in total. The number of anilines is 1. The Morgan fingerprint density at radius 1 is 1.16 bits per heavy atom. The van der Waals surface area contributed by atoms with Gasteiger partial charge in [0, 0.05) is 17.2 Å². The maximum atomic E-state index is 13.5. The second-order valence-corrected chi connectivity index (χ2v) is 8.87. The average molecular weight is 469 g/mol. The van der Waals surface area contributed by atoms with Crippen molar-refractivity contribution < 1.29 is 14.1 Å². The molecular weight excluding hydrogens is 456 g/mol. The molecule has 1 amide bonds. The van der Waals surface area contributed by atoms with Gasteiger partial charge in [-0.1, -0.05) is 22.9 Å². The molecule has 32 heavy (non-hydrogen) atoms. The van der Waals surface area contributed by atoms with Crippen molar-refractivity contribution in [1.82, 2.24) is 10.2 Å². The van der Waals surface area contributed by atoms with Crippen molar-refractivity contribution >= 4 is 50.6 Å². The van der Waals surface area contributed by atoms with Crippen LogP contribution in [0.2, 0.25) is 5.02 Å². The maximum Gasteiger partial charge on any atom is 0.297 e. The molecule has 11 heteroatoms. The summed E-state index contributed by atoms with van der Waals surface area (Å²) >= 11 is 7.42. The molecule has 160 valence electrons. The molecule has 1 atom stereocenters. The number of carbonyl (C=O) groups is 1. The molecule has 5 rings (SSSR count). The second kappa shape index (κ2) is 7.21. The van der Waals surface area contributed by atoms with Crippen molar-refractivity contribution in [2.75, 3.05) is 4.90 Å². The third kappa shape index (κ3) is 2.99. The van der Waals surface area contributed by atoms with E-state index in [1.165, 1.54) is 46.6 Å². The van der Waals surface area contributed by atoms with E-state index in [1.54, 1.807) is 19.9 Å². The van der Waals surface area contributed by atoms with Crippen molar-refractivity contribution in [1.29, 1.82) is 0 Å². The molecule has 2 aromatic carbocycles. The highest BCUT2D eigenvalue weighted by molar-refractivity contribution is 7.15. The van der Waals surface area contributed by atoms with Crippen LogP contribution in [0.3, 0.4) is 0 Å². The zero-order chi connectivity index (χ0) is 22.7. The number of fused-ring (bicyclic) bond motifs is 2. The van der Waals surface area contributed by atoms with E-state index in [4.69, 9.17) is 16.0 Å². The number of non-ortho nitro benzene ring substituents is 1. The molecule has 4 aromatic rings. The fourth-order valence-electron chi connectivity index (χ4n) is 3.77. The van der Waals surface area contributed by atoms with Crippen LogP contribution in [0, 0.1) is 24.0 Å². The topological polar surface area (TPSA) is 119 Å². The lowest BCUT2D eigenvalue weighted by molar-refractivity contribution is -0.384. The lowest BCUT2D eigenvalue weighted by Gasteiger charge is -2.21. The van der Waals surface area contributed by atoms with Crippen molar-refractivity contribution in [2.24, 2.45) is 0 Å². The Labute approximate surface area is 189 Å². The van der Waals surface area contributed by atoms with E-state index < -0.39 is 22.3 Å². The first-order chi connectivity index (χ1) is 15.3. The Bertz CT molecular complexity index is 1490. The van der Waals surface area contributed by atoms with Crippen LogP contribution in [0.1, 0.15) is 38.3 Å². The van der Waals surface area contributed by atoms with Gasteiger partial charge in [-0.2, -0.15) is 0 Å². The van der Waals surface area contributed by atoms with Crippen LogP contribution in [-0.2, 0) is 0 Å². The van der Waals surface area contributed by atoms with E-state index >= 15 is 0 Å². The van der Waals surface area contributed by atoms with E-state index in [0.717, 1.165) is 0 Å². The summed E-state index contributed by atoms with van der Waals surface area (Å²) in [5.41, 5.74) is 1.08. The Hall–Kier alpha value is -3.63. The number of rotatable bonds is 3. The van der Waals surface area contributed by atoms with Gasteiger partial charge in [0.05, 0.1) is 21.9 Å². The fraction of sp³-hybridized carbons (Fsp3) is 0.143. The van der Waals surface area contributed by atoms with Gasteiger partial charge in [-0.3, -0.25) is 24.6 Å². The predicted octanol–water partition coefficient (Wildman–Crippen LogP) is 4.57. The molecule has 0 aliphatic carbocycles. The summed E-state index contributed by atoms with van der Waals surface area (Å²) < 4.78 is 5.90. The molecule has 1 aliphatic rings. The molecule has 0 fully saturated rings. The number of carbonyl (C=O) groups excluding carboxylic acids is 1. The van der Waals surface area contributed by atoms with Gasteiger partial charge in [0.2, 0.25) is 10.9 Å². The van der Waals surface area contributed by atoms with Crippen molar-refractivity contribution in [3.8, 4) is 0 Å². The van der Waals surface area contributed by atoms with Crippen molar-refractivity contribution in [2.45, 2.75) is 19.9 Å². The number of aromatic nitrogens is 2. The highest BCUT2D eigenvalue weighted by atomic mass is 35.5. The number of hydrogen-bond acceptors (Lipinski definition) is 8. The van der Waals surface area contributed by atoms with Gasteiger partial charge in [-0.15, -0.1) is 10.2 Å². The minimum Gasteiger partial charge on any atom is -0.450 e. The number of nitro benzene ring substituents is 1. The number of halogens is 1. The summed E-state index contributed by atoms with van der Waals surface area (Å²) in [7, 11) is 0. The molecule has 3 heterocycles. The normalized spacial score (nSPS) is 15.4. The Balaban J connectivity index is 1.80. The van der Waals surface area contributed by atoms with Crippen LogP contribution in [0.25, 0.3) is 11.0 Å². The lowest BCUT2D eigenvalue weighted by atomic mass is 9.98. The molecule has 0 spiro atoms. The van der Waals surface area contributed by atoms with Crippen molar-refractivity contribution in [3.05, 3.63) is 89.2 Å². The molecular formula is C21H13ClN4O5S. The van der Waals surface area contributed by atoms with E-state index in [2.05, 4.69) is 10.2 Å². The summed E-state index contributed by atoms with van der Waals surface area (Å²) in [6.07, 6.45) is 0. The first-order valence-electron chi connectivity index (χ1n) is 9.41. The van der Waals surface area contributed by atoms with Gasteiger partial charge in [0.15, 0.2) is 5.43 Å². The first-order valence-corrected chi connectivity index (χ1v) is 10.6. The minimum atomic E-state index is -0.883. The third-order valence-corrected chi connectivity index (χ3v) is 6.54. The zero-order valence-corrected chi connectivity index (χ0v) is 18.2. The van der Waals surface area contributed by atoms with Gasteiger partial charge in [0.25, 0.3) is 11.6 Å². The van der Waals surface area contributed by atoms with Crippen LogP contribution in [-0.4, -0.2) is 21.0 Å². The molecule has 2 aromatic heterocycles. The quantitative estimate of drug-likeness (QED) is 0.319. The standard InChI is InChI=1S/C21H13ClN4O5S/c1-9-7-15-13(8-14(9)22)18(27)16-17(11-3-5-12(6-4-11)26(29)30)25(20(28)19(16)31-15)21-24-23-10(2)32-21/h3-8,17H,1-2H3. The molecule has 1 unspecified atom stereocenters. The van der Waals surface area contributed by atoms with Gasteiger partial charge < -0.3 is 4.42 Å². The Kier molecular flexibility index (Phi) is 4.57. The van der Waals surface area contributed by atoms with Gasteiger partial charge in [-0.25, -0.2) is 0 Å². The molecule has 0 saturated heterocycles. The van der Waals surface area contributed by atoms with Gasteiger partial charge >= 0.3 is 0 Å². The number of hydrogen-bond donors (Lipinski definition) is 0. The van der Waals surface area contributed by atoms with Gasteiger partial charge in [0.1, 0.15) is 10.6 Å². The summed E-state index contributed by atoms with van der Waals surface area (Å²) in [6.45, 7) is 3.52. The number of aryl methyl sites for hydroxylation is 2. The van der Waals surface area contributed by atoms with E-state index in [1.807, 2.05) is 0 Å². The molecule has 0 bridgehead atoms. The zero-order valence-electron chi connectivity index (χ0n) is 16.7. The Morgan fingerprint density at radius 2 is 1.88 bits per heavy atom. The first kappa shape index (κ1) is 20.3. The van der Waals surface area contributed by atoms with Crippen LogP contribution in [0.4, 0.5) is 10.8 Å². The van der Waals surface area contributed by atoms with E-state index in [-0.39, 0.29) is 28.0 Å². The van der Waals surface area contributed by atoms with E-state index in [9.17, 15) is 19.7 Å². The number of benzene rings is 2. The maximum absolute atomic E-state index is 13.5. The monoisotopic (exact) mass is 468 g/mol. The molecule has 0 saturated carbocycles. The largest absolute Gasteiger partial charge is 0.450 e. The lowest BCUT2D eigenvalue weighted by Crippen LogP contribution is -2.29. The molecule has 1 aliphatic heterocycles. The molecule has 9 nitrogen and oxygen atoms in total.